The molecule has 0 aromatic heterocycles. The predicted octanol–water partition coefficient (Wildman–Crippen LogP) is 0.233. The van der Waals surface area contributed by atoms with Crippen molar-refractivity contribution in [3.8, 4) is 0 Å². The maximum atomic E-state index is 11.6. The van der Waals surface area contributed by atoms with Crippen LogP contribution in [0.25, 0.3) is 0 Å². The summed E-state index contributed by atoms with van der Waals surface area (Å²) in [6.07, 6.45) is 3.14. The van der Waals surface area contributed by atoms with Gasteiger partial charge >= 0.3 is 0 Å². The fraction of sp³-hybridized carbons (Fsp3) is 0.909. The highest BCUT2D eigenvalue weighted by molar-refractivity contribution is 5.82. The van der Waals surface area contributed by atoms with Gasteiger partial charge in [-0.3, -0.25) is 4.79 Å². The van der Waals surface area contributed by atoms with E-state index in [1.165, 1.54) is 12.8 Å². The molecule has 2 rings (SSSR count). The maximum Gasteiger partial charge on any atom is 0.251 e. The molecule has 0 radical (unpaired) electrons. The predicted molar refractivity (Wildman–Crippen MR) is 57.6 cm³/mol. The van der Waals surface area contributed by atoms with Gasteiger partial charge in [-0.05, 0) is 25.3 Å². The molecule has 0 aromatic rings. The maximum absolute atomic E-state index is 11.6. The third-order valence-electron chi connectivity index (χ3n) is 3.31. The van der Waals surface area contributed by atoms with Crippen LogP contribution >= 0.6 is 0 Å². The van der Waals surface area contributed by atoms with E-state index in [1.807, 2.05) is 7.05 Å². The zero-order valence-electron chi connectivity index (χ0n) is 9.37. The van der Waals surface area contributed by atoms with Gasteiger partial charge in [-0.15, -0.1) is 0 Å². The molecule has 0 aromatic carbocycles. The molecule has 4 heteroatoms. The summed E-state index contributed by atoms with van der Waals surface area (Å²) in [6, 6.07) is 0. The number of carbonyl (C=O) groups is 1. The molecule has 1 amide bonds. The Labute approximate surface area is 91.0 Å². The molecule has 2 saturated heterocycles. The molecule has 0 aliphatic carbocycles. The molecule has 2 fully saturated rings. The van der Waals surface area contributed by atoms with E-state index in [0.717, 1.165) is 32.7 Å². The van der Waals surface area contributed by atoms with E-state index in [2.05, 4.69) is 5.32 Å². The Balaban J connectivity index is 1.71. The van der Waals surface area contributed by atoms with Gasteiger partial charge in [0.15, 0.2) is 0 Å². The van der Waals surface area contributed by atoms with Crippen molar-refractivity contribution >= 4 is 5.91 Å². The minimum Gasteiger partial charge on any atom is -0.368 e. The Morgan fingerprint density at radius 2 is 2.40 bits per heavy atom. The smallest absolute Gasteiger partial charge is 0.251 e. The monoisotopic (exact) mass is 212 g/mol. The van der Waals surface area contributed by atoms with Crippen molar-refractivity contribution in [3.05, 3.63) is 0 Å². The Hall–Kier alpha value is -0.610. The lowest BCUT2D eigenvalue weighted by Crippen LogP contribution is -2.35. The molecule has 2 heterocycles. The van der Waals surface area contributed by atoms with Gasteiger partial charge in [0.2, 0.25) is 0 Å². The van der Waals surface area contributed by atoms with Gasteiger partial charge in [-0.2, -0.15) is 0 Å². The number of amides is 1. The summed E-state index contributed by atoms with van der Waals surface area (Å²) in [4.78, 5) is 13.3. The van der Waals surface area contributed by atoms with Crippen LogP contribution in [0.15, 0.2) is 0 Å². The number of likely N-dealkylation sites (tertiary alicyclic amines) is 1. The normalized spacial score (nSPS) is 32.3. The molecule has 86 valence electrons. The van der Waals surface area contributed by atoms with E-state index >= 15 is 0 Å². The van der Waals surface area contributed by atoms with Crippen LogP contribution in [0.1, 0.15) is 19.3 Å². The van der Waals surface area contributed by atoms with E-state index in [1.54, 1.807) is 4.90 Å². The Kier molecular flexibility index (Phi) is 3.59. The third-order valence-corrected chi connectivity index (χ3v) is 3.31. The van der Waals surface area contributed by atoms with Crippen LogP contribution in [0.2, 0.25) is 0 Å². The van der Waals surface area contributed by atoms with Gasteiger partial charge in [-0.1, -0.05) is 0 Å². The molecule has 2 atom stereocenters. The molecule has 4 nitrogen and oxygen atoms in total. The summed E-state index contributed by atoms with van der Waals surface area (Å²) in [5.41, 5.74) is 0. The highest BCUT2D eigenvalue weighted by Crippen LogP contribution is 2.16. The third kappa shape index (κ3) is 2.69. The summed E-state index contributed by atoms with van der Waals surface area (Å²) >= 11 is 0. The van der Waals surface area contributed by atoms with Crippen LogP contribution in [-0.2, 0) is 9.53 Å². The van der Waals surface area contributed by atoms with Crippen LogP contribution in [-0.4, -0.2) is 50.2 Å². The van der Waals surface area contributed by atoms with Gasteiger partial charge in [0.1, 0.15) is 6.10 Å². The first-order valence-electron chi connectivity index (χ1n) is 5.84. The lowest BCUT2D eigenvalue weighted by molar-refractivity contribution is -0.137. The average Bonchev–Trinajstić information content (AvgIpc) is 2.59. The molecule has 0 bridgehead atoms. The topological polar surface area (TPSA) is 41.6 Å². The number of nitrogens with zero attached hydrogens (tertiary/aromatic N) is 1. The van der Waals surface area contributed by atoms with Crippen LogP contribution in [0.4, 0.5) is 0 Å². The number of rotatable bonds is 3. The van der Waals surface area contributed by atoms with Crippen molar-refractivity contribution in [2.75, 3.05) is 33.3 Å². The summed E-state index contributed by atoms with van der Waals surface area (Å²) in [5, 5.41) is 3.35. The minimum atomic E-state index is -0.170. The summed E-state index contributed by atoms with van der Waals surface area (Å²) < 4.78 is 5.69. The molecule has 0 spiro atoms. The van der Waals surface area contributed by atoms with Gasteiger partial charge in [0.25, 0.3) is 5.91 Å². The Morgan fingerprint density at radius 3 is 3.00 bits per heavy atom. The molecule has 1 N–H and O–H groups in total. The van der Waals surface area contributed by atoms with Crippen molar-refractivity contribution in [1.82, 2.24) is 10.2 Å². The van der Waals surface area contributed by atoms with Gasteiger partial charge in [-0.25, -0.2) is 0 Å². The quantitative estimate of drug-likeness (QED) is 0.728. The van der Waals surface area contributed by atoms with Crippen molar-refractivity contribution in [2.45, 2.75) is 25.4 Å². The molecular formula is C11H20N2O2. The van der Waals surface area contributed by atoms with Crippen molar-refractivity contribution in [2.24, 2.45) is 5.92 Å². The number of nitrogens with one attached hydrogen (secondary N) is 1. The zero-order valence-corrected chi connectivity index (χ0v) is 9.37. The molecular weight excluding hydrogens is 192 g/mol. The fourth-order valence-electron chi connectivity index (χ4n) is 2.26. The van der Waals surface area contributed by atoms with E-state index in [0.29, 0.717) is 5.92 Å². The summed E-state index contributed by atoms with van der Waals surface area (Å²) in [6.45, 7) is 3.74. The van der Waals surface area contributed by atoms with Crippen molar-refractivity contribution in [3.63, 3.8) is 0 Å². The number of hydrogen-bond acceptors (Lipinski definition) is 3. The second kappa shape index (κ2) is 4.94. The molecule has 2 aliphatic heterocycles. The highest BCUT2D eigenvalue weighted by Gasteiger charge is 2.30. The van der Waals surface area contributed by atoms with Crippen molar-refractivity contribution in [1.29, 1.82) is 0 Å². The van der Waals surface area contributed by atoms with Crippen LogP contribution in [0.5, 0.6) is 0 Å². The number of likely N-dealkylation sites (N-methyl/N-ethyl adjacent to an activating group) is 1. The Bertz CT molecular complexity index is 227. The fourth-order valence-corrected chi connectivity index (χ4v) is 2.26. The SMILES string of the molecule is CN1CCC(OCC2CCCNC2)C1=O. The van der Waals surface area contributed by atoms with E-state index in [4.69, 9.17) is 4.74 Å². The van der Waals surface area contributed by atoms with Gasteiger partial charge in [0.05, 0.1) is 6.61 Å². The van der Waals surface area contributed by atoms with Crippen molar-refractivity contribution < 1.29 is 9.53 Å². The average molecular weight is 212 g/mol. The second-order valence-electron chi connectivity index (χ2n) is 4.58. The number of piperidine rings is 1. The van der Waals surface area contributed by atoms with Crippen LogP contribution < -0.4 is 5.32 Å². The van der Waals surface area contributed by atoms with Crippen LogP contribution in [0, 0.1) is 5.92 Å². The largest absolute Gasteiger partial charge is 0.368 e. The molecule has 2 aliphatic rings. The minimum absolute atomic E-state index is 0.152. The lowest BCUT2D eigenvalue weighted by atomic mass is 10.0. The number of carbonyl (C=O) groups excluding carboxylic acids is 1. The number of ether oxygens (including phenoxy) is 1. The zero-order chi connectivity index (χ0) is 10.7. The standard InChI is InChI=1S/C11H20N2O2/c1-13-6-4-10(11(13)14)15-8-9-3-2-5-12-7-9/h9-10,12H,2-8H2,1H3. The van der Waals surface area contributed by atoms with Crippen LogP contribution in [0.3, 0.4) is 0 Å². The molecule has 2 unspecified atom stereocenters. The first-order valence-corrected chi connectivity index (χ1v) is 5.84. The van der Waals surface area contributed by atoms with E-state index in [9.17, 15) is 4.79 Å². The van der Waals surface area contributed by atoms with E-state index in [-0.39, 0.29) is 12.0 Å². The van der Waals surface area contributed by atoms with E-state index < -0.39 is 0 Å². The second-order valence-corrected chi connectivity index (χ2v) is 4.58. The molecule has 0 saturated carbocycles. The lowest BCUT2D eigenvalue weighted by Gasteiger charge is -2.23. The van der Waals surface area contributed by atoms with Gasteiger partial charge < -0.3 is 15.0 Å². The summed E-state index contributed by atoms with van der Waals surface area (Å²) in [7, 11) is 1.84. The highest BCUT2D eigenvalue weighted by atomic mass is 16.5. The first kappa shape index (κ1) is 10.9. The first-order chi connectivity index (χ1) is 7.27. The Morgan fingerprint density at radius 1 is 1.53 bits per heavy atom. The summed E-state index contributed by atoms with van der Waals surface area (Å²) in [5.74, 6) is 0.747. The number of hydrogen-bond donors (Lipinski definition) is 1. The van der Waals surface area contributed by atoms with Gasteiger partial charge in [0, 0.05) is 26.6 Å². The molecule has 15 heavy (non-hydrogen) atoms.